The number of phenolic OH excluding ortho intramolecular Hbond substituents is 1. The summed E-state index contributed by atoms with van der Waals surface area (Å²) < 4.78 is 9.72. The number of anilines is 1. The van der Waals surface area contributed by atoms with Crippen molar-refractivity contribution in [2.45, 2.75) is 0 Å². The molecule has 0 unspecified atom stereocenters. The van der Waals surface area contributed by atoms with Crippen LogP contribution in [-0.4, -0.2) is 52.4 Å². The van der Waals surface area contributed by atoms with E-state index in [1.807, 2.05) is 12.1 Å². The van der Waals surface area contributed by atoms with Crippen LogP contribution in [0.5, 0.6) is 5.75 Å². The summed E-state index contributed by atoms with van der Waals surface area (Å²) in [5, 5.41) is 9.21. The summed E-state index contributed by atoms with van der Waals surface area (Å²) in [7, 11) is 5.94. The predicted octanol–water partition coefficient (Wildman–Crippen LogP) is 0.399. The van der Waals surface area contributed by atoms with Crippen molar-refractivity contribution in [3.05, 3.63) is 24.3 Å². The van der Waals surface area contributed by atoms with Gasteiger partial charge in [-0.3, -0.25) is 0 Å². The largest absolute Gasteiger partial charge is 0.508 e. The monoisotopic (exact) mass is 251 g/mol. The van der Waals surface area contributed by atoms with Gasteiger partial charge in [0.25, 0.3) is 0 Å². The van der Waals surface area contributed by atoms with Crippen LogP contribution in [0.3, 0.4) is 0 Å². The van der Waals surface area contributed by atoms with Gasteiger partial charge in [-0.2, -0.15) is 0 Å². The highest BCUT2D eigenvalue weighted by Gasteiger charge is 2.05. The van der Waals surface area contributed by atoms with Crippen molar-refractivity contribution in [1.29, 1.82) is 0 Å². The molecular formula is C10H13NO3Si2. The average Bonchev–Trinajstić information content (AvgIpc) is 2.31. The standard InChI is InChI=1S/C10H13NO3Si2/c12-10-3-1-9(2-4-10)11(5-7-13-15)6-8-14-16/h1-4,12H,5-8H2. The summed E-state index contributed by atoms with van der Waals surface area (Å²) >= 11 is 0. The van der Waals surface area contributed by atoms with Crippen molar-refractivity contribution in [1.82, 2.24) is 0 Å². The second-order valence-electron chi connectivity index (χ2n) is 3.20. The molecule has 0 bridgehead atoms. The molecule has 0 amide bonds. The normalized spacial score (nSPS) is 10.4. The van der Waals surface area contributed by atoms with Crippen LogP contribution in [0.1, 0.15) is 0 Å². The van der Waals surface area contributed by atoms with Crippen molar-refractivity contribution in [2.75, 3.05) is 31.2 Å². The van der Waals surface area contributed by atoms with Gasteiger partial charge in [-0.1, -0.05) is 0 Å². The maximum Gasteiger partial charge on any atom is 0.246 e. The topological polar surface area (TPSA) is 41.9 Å². The van der Waals surface area contributed by atoms with E-state index in [0.717, 1.165) is 18.8 Å². The van der Waals surface area contributed by atoms with E-state index in [2.05, 4.69) is 25.9 Å². The molecule has 0 aliphatic rings. The second-order valence-corrected chi connectivity index (χ2v) is 3.78. The van der Waals surface area contributed by atoms with Crippen molar-refractivity contribution in [2.24, 2.45) is 0 Å². The molecule has 16 heavy (non-hydrogen) atoms. The number of aromatic hydroxyl groups is 1. The average molecular weight is 251 g/mol. The van der Waals surface area contributed by atoms with E-state index in [-0.39, 0.29) is 5.75 Å². The number of hydrogen-bond acceptors (Lipinski definition) is 4. The molecule has 1 N–H and O–H groups in total. The van der Waals surface area contributed by atoms with Gasteiger partial charge in [0.05, 0.1) is 13.2 Å². The summed E-state index contributed by atoms with van der Waals surface area (Å²) in [6.07, 6.45) is 0. The minimum absolute atomic E-state index is 0.261. The lowest BCUT2D eigenvalue weighted by Gasteiger charge is -2.24. The highest BCUT2D eigenvalue weighted by atomic mass is 28.2. The third-order valence-electron chi connectivity index (χ3n) is 2.14. The van der Waals surface area contributed by atoms with Crippen LogP contribution in [0, 0.1) is 0 Å². The van der Waals surface area contributed by atoms with E-state index < -0.39 is 0 Å². The molecule has 0 fully saturated rings. The Bertz CT molecular complexity index is 287. The Morgan fingerprint density at radius 3 is 1.94 bits per heavy atom. The Balaban J connectivity index is 2.62. The maximum atomic E-state index is 9.21. The van der Waals surface area contributed by atoms with Crippen molar-refractivity contribution in [3.8, 4) is 5.75 Å². The Morgan fingerprint density at radius 1 is 1.00 bits per heavy atom. The van der Waals surface area contributed by atoms with Crippen LogP contribution in [0.25, 0.3) is 0 Å². The number of hydrogen-bond donors (Lipinski definition) is 1. The quantitative estimate of drug-likeness (QED) is 0.712. The zero-order chi connectivity index (χ0) is 11.8. The molecule has 4 nitrogen and oxygen atoms in total. The van der Waals surface area contributed by atoms with Gasteiger partial charge < -0.3 is 18.9 Å². The van der Waals surface area contributed by atoms with Crippen LogP contribution in [0.2, 0.25) is 0 Å². The maximum absolute atomic E-state index is 9.21. The van der Waals surface area contributed by atoms with Gasteiger partial charge >= 0.3 is 0 Å². The molecule has 0 aromatic heterocycles. The fraction of sp³-hybridized carbons (Fsp3) is 0.400. The van der Waals surface area contributed by atoms with E-state index in [9.17, 15) is 5.11 Å². The molecule has 84 valence electrons. The van der Waals surface area contributed by atoms with Gasteiger partial charge in [-0.05, 0) is 24.3 Å². The Kier molecular flexibility index (Phi) is 6.16. The number of phenols is 1. The predicted molar refractivity (Wildman–Crippen MR) is 63.7 cm³/mol. The van der Waals surface area contributed by atoms with Crippen molar-refractivity contribution >= 4 is 26.7 Å². The molecule has 0 atom stereocenters. The highest BCUT2D eigenvalue weighted by molar-refractivity contribution is 5.98. The van der Waals surface area contributed by atoms with Gasteiger partial charge in [-0.15, -0.1) is 0 Å². The van der Waals surface area contributed by atoms with Gasteiger partial charge in [0.1, 0.15) is 5.75 Å². The number of nitrogens with zero attached hydrogens (tertiary/aromatic N) is 1. The third kappa shape index (κ3) is 4.35. The number of rotatable bonds is 7. The lowest BCUT2D eigenvalue weighted by molar-refractivity contribution is 0.332. The molecule has 0 aliphatic heterocycles. The summed E-state index contributed by atoms with van der Waals surface area (Å²) in [5.74, 6) is 0.261. The first-order valence-electron chi connectivity index (χ1n) is 4.89. The molecule has 1 rings (SSSR count). The minimum Gasteiger partial charge on any atom is -0.508 e. The molecule has 0 aliphatic carbocycles. The minimum atomic E-state index is 0.261. The summed E-state index contributed by atoms with van der Waals surface area (Å²) in [6.45, 7) is 2.62. The smallest absolute Gasteiger partial charge is 0.246 e. The van der Waals surface area contributed by atoms with E-state index in [0.29, 0.717) is 13.2 Å². The van der Waals surface area contributed by atoms with Crippen molar-refractivity contribution < 1.29 is 14.0 Å². The Labute approximate surface area is 102 Å². The Morgan fingerprint density at radius 2 is 1.50 bits per heavy atom. The van der Waals surface area contributed by atoms with Crippen LogP contribution in [-0.2, 0) is 8.85 Å². The van der Waals surface area contributed by atoms with Gasteiger partial charge in [0.15, 0.2) is 0 Å². The second kappa shape index (κ2) is 7.45. The number of benzene rings is 1. The summed E-state index contributed by atoms with van der Waals surface area (Å²) in [6, 6.07) is 7.03. The Hall–Kier alpha value is -0.826. The third-order valence-corrected chi connectivity index (χ3v) is 2.55. The molecule has 6 radical (unpaired) electrons. The molecule has 1 aromatic rings. The van der Waals surface area contributed by atoms with E-state index in [1.54, 1.807) is 12.1 Å². The zero-order valence-corrected chi connectivity index (χ0v) is 10.8. The SMILES string of the molecule is Oc1ccc(N(CCO[Si])CCO[Si])cc1. The van der Waals surface area contributed by atoms with E-state index in [1.165, 1.54) is 0 Å². The van der Waals surface area contributed by atoms with Gasteiger partial charge in [-0.25, -0.2) is 0 Å². The molecule has 0 saturated carbocycles. The van der Waals surface area contributed by atoms with Crippen LogP contribution in [0.4, 0.5) is 5.69 Å². The van der Waals surface area contributed by atoms with Gasteiger partial charge in [0, 0.05) is 18.8 Å². The first-order valence-corrected chi connectivity index (χ1v) is 5.70. The molecule has 6 heteroatoms. The summed E-state index contributed by atoms with van der Waals surface area (Å²) in [4.78, 5) is 2.10. The lowest BCUT2D eigenvalue weighted by Crippen LogP contribution is -2.30. The lowest BCUT2D eigenvalue weighted by atomic mass is 10.2. The van der Waals surface area contributed by atoms with E-state index in [4.69, 9.17) is 8.85 Å². The van der Waals surface area contributed by atoms with Crippen LogP contribution < -0.4 is 4.90 Å². The molecular weight excluding hydrogens is 238 g/mol. The molecule has 0 spiro atoms. The van der Waals surface area contributed by atoms with Gasteiger partial charge in [0.2, 0.25) is 21.0 Å². The van der Waals surface area contributed by atoms with E-state index >= 15 is 0 Å². The first kappa shape index (κ1) is 13.2. The van der Waals surface area contributed by atoms with Crippen LogP contribution in [0.15, 0.2) is 24.3 Å². The fourth-order valence-corrected chi connectivity index (χ4v) is 1.53. The van der Waals surface area contributed by atoms with Crippen LogP contribution >= 0.6 is 0 Å². The molecule has 1 aromatic carbocycles. The fourth-order valence-electron chi connectivity index (χ4n) is 1.35. The highest BCUT2D eigenvalue weighted by Crippen LogP contribution is 2.17. The summed E-state index contributed by atoms with van der Waals surface area (Å²) in [5.41, 5.74) is 1.02. The zero-order valence-electron chi connectivity index (χ0n) is 8.85. The first-order chi connectivity index (χ1) is 7.77. The van der Waals surface area contributed by atoms with Crippen molar-refractivity contribution in [3.63, 3.8) is 0 Å². The molecule has 0 saturated heterocycles. The molecule has 0 heterocycles.